The summed E-state index contributed by atoms with van der Waals surface area (Å²) in [5.41, 5.74) is 1.84. The van der Waals surface area contributed by atoms with Crippen LogP contribution in [0.2, 0.25) is 0 Å². The summed E-state index contributed by atoms with van der Waals surface area (Å²) in [4.78, 5) is 4.28. The first-order chi connectivity index (χ1) is 10.1. The molecular weight excluding hydrogens is 290 g/mol. The van der Waals surface area contributed by atoms with Crippen molar-refractivity contribution < 1.29 is 13.2 Å². The van der Waals surface area contributed by atoms with E-state index in [2.05, 4.69) is 4.98 Å². The van der Waals surface area contributed by atoms with Crippen molar-refractivity contribution in [1.29, 1.82) is 0 Å². The van der Waals surface area contributed by atoms with E-state index in [0.717, 1.165) is 11.0 Å². The Hall–Kier alpha value is -1.44. The molecule has 21 heavy (non-hydrogen) atoms. The van der Waals surface area contributed by atoms with Crippen LogP contribution in [0, 0.1) is 0 Å². The van der Waals surface area contributed by atoms with E-state index in [1.165, 1.54) is 0 Å². The molecule has 2 heterocycles. The van der Waals surface area contributed by atoms with Crippen molar-refractivity contribution in [1.82, 2.24) is 13.9 Å². The molecule has 7 heteroatoms. The van der Waals surface area contributed by atoms with E-state index in [9.17, 15) is 8.42 Å². The van der Waals surface area contributed by atoms with Gasteiger partial charge in [-0.1, -0.05) is 12.1 Å². The largest absolute Gasteiger partial charge is 0.378 e. The maximum absolute atomic E-state index is 12.5. The van der Waals surface area contributed by atoms with Crippen LogP contribution in [0.1, 0.15) is 6.92 Å². The van der Waals surface area contributed by atoms with Gasteiger partial charge in [0.15, 0.2) is 0 Å². The lowest BCUT2D eigenvalue weighted by Gasteiger charge is -2.32. The van der Waals surface area contributed by atoms with Gasteiger partial charge in [-0.3, -0.25) is 0 Å². The zero-order chi connectivity index (χ0) is 14.9. The van der Waals surface area contributed by atoms with Crippen LogP contribution < -0.4 is 0 Å². The SMILES string of the molecule is C[C@@H]1COCCN1S(=O)(=O)CCn1cnc2ccccc21. The van der Waals surface area contributed by atoms with E-state index in [0.29, 0.717) is 26.3 Å². The smallest absolute Gasteiger partial charge is 0.216 e. The minimum absolute atomic E-state index is 0.0810. The summed E-state index contributed by atoms with van der Waals surface area (Å²) >= 11 is 0. The number of imidazole rings is 1. The molecular formula is C14H19N3O3S. The molecule has 0 radical (unpaired) electrons. The molecule has 0 spiro atoms. The average Bonchev–Trinajstić information content (AvgIpc) is 2.89. The van der Waals surface area contributed by atoms with E-state index in [-0.39, 0.29) is 11.8 Å². The minimum atomic E-state index is -3.27. The van der Waals surface area contributed by atoms with Crippen molar-refractivity contribution >= 4 is 21.1 Å². The molecule has 1 fully saturated rings. The number of aryl methyl sites for hydroxylation is 1. The van der Waals surface area contributed by atoms with E-state index in [1.54, 1.807) is 10.6 Å². The monoisotopic (exact) mass is 309 g/mol. The molecule has 1 saturated heterocycles. The molecule has 1 aliphatic heterocycles. The second-order valence-electron chi connectivity index (χ2n) is 5.28. The number of aromatic nitrogens is 2. The third-order valence-electron chi connectivity index (χ3n) is 3.78. The molecule has 114 valence electrons. The van der Waals surface area contributed by atoms with Gasteiger partial charge in [-0.05, 0) is 19.1 Å². The van der Waals surface area contributed by atoms with Crippen LogP contribution in [0.4, 0.5) is 0 Å². The summed E-state index contributed by atoms with van der Waals surface area (Å²) in [6, 6.07) is 7.63. The highest BCUT2D eigenvalue weighted by Gasteiger charge is 2.29. The number of rotatable bonds is 4. The highest BCUT2D eigenvalue weighted by molar-refractivity contribution is 7.89. The number of ether oxygens (including phenoxy) is 1. The Morgan fingerprint density at radius 3 is 3.00 bits per heavy atom. The zero-order valence-electron chi connectivity index (χ0n) is 12.0. The first-order valence-corrected chi connectivity index (χ1v) is 8.66. The first-order valence-electron chi connectivity index (χ1n) is 7.05. The van der Waals surface area contributed by atoms with E-state index in [1.807, 2.05) is 35.8 Å². The van der Waals surface area contributed by atoms with Crippen LogP contribution in [0.3, 0.4) is 0 Å². The molecule has 1 aromatic heterocycles. The number of nitrogens with zero attached hydrogens (tertiary/aromatic N) is 3. The number of morpholine rings is 1. The quantitative estimate of drug-likeness (QED) is 0.848. The number of benzene rings is 1. The molecule has 0 saturated carbocycles. The number of para-hydroxylation sites is 2. The van der Waals surface area contributed by atoms with Crippen molar-refractivity contribution in [3.63, 3.8) is 0 Å². The highest BCUT2D eigenvalue weighted by atomic mass is 32.2. The molecule has 6 nitrogen and oxygen atoms in total. The Bertz CT molecular complexity index is 726. The molecule has 1 aromatic carbocycles. The van der Waals surface area contributed by atoms with Gasteiger partial charge in [-0.25, -0.2) is 13.4 Å². The molecule has 1 atom stereocenters. The number of sulfonamides is 1. The van der Waals surface area contributed by atoms with E-state index < -0.39 is 10.0 Å². The maximum atomic E-state index is 12.5. The fourth-order valence-electron chi connectivity index (χ4n) is 2.64. The summed E-state index contributed by atoms with van der Waals surface area (Å²) in [6.07, 6.45) is 1.70. The lowest BCUT2D eigenvalue weighted by molar-refractivity contribution is 0.0392. The number of hydrogen-bond acceptors (Lipinski definition) is 4. The van der Waals surface area contributed by atoms with Gasteiger partial charge in [-0.15, -0.1) is 0 Å². The standard InChI is InChI=1S/C14H19N3O3S/c1-12-10-20-8-6-17(12)21(18,19)9-7-16-11-15-13-4-2-3-5-14(13)16/h2-5,11-12H,6-10H2,1H3/t12-/m1/s1. The first kappa shape index (κ1) is 14.5. The average molecular weight is 309 g/mol. The predicted molar refractivity (Wildman–Crippen MR) is 80.5 cm³/mol. The van der Waals surface area contributed by atoms with Gasteiger partial charge in [0.1, 0.15) is 0 Å². The second kappa shape index (κ2) is 5.75. The van der Waals surface area contributed by atoms with Crippen molar-refractivity contribution in [3.05, 3.63) is 30.6 Å². The van der Waals surface area contributed by atoms with Gasteiger partial charge in [0.2, 0.25) is 10.0 Å². The number of hydrogen-bond donors (Lipinski definition) is 0. The molecule has 0 N–H and O–H groups in total. The molecule has 0 bridgehead atoms. The highest BCUT2D eigenvalue weighted by Crippen LogP contribution is 2.15. The van der Waals surface area contributed by atoms with Gasteiger partial charge in [-0.2, -0.15) is 4.31 Å². The summed E-state index contributed by atoms with van der Waals surface area (Å²) in [5.74, 6) is 0.0810. The molecule has 0 amide bonds. The van der Waals surface area contributed by atoms with Gasteiger partial charge >= 0.3 is 0 Å². The van der Waals surface area contributed by atoms with Crippen LogP contribution in [0.15, 0.2) is 30.6 Å². The fourth-order valence-corrected chi connectivity index (χ4v) is 4.27. The topological polar surface area (TPSA) is 64.4 Å². The van der Waals surface area contributed by atoms with Crippen molar-refractivity contribution in [2.24, 2.45) is 0 Å². The fraction of sp³-hybridized carbons (Fsp3) is 0.500. The van der Waals surface area contributed by atoms with Crippen molar-refractivity contribution in [3.8, 4) is 0 Å². The van der Waals surface area contributed by atoms with Crippen LogP contribution >= 0.6 is 0 Å². The Kier molecular flexibility index (Phi) is 3.97. The maximum Gasteiger partial charge on any atom is 0.216 e. The summed E-state index contributed by atoms with van der Waals surface area (Å²) in [7, 11) is -3.27. The van der Waals surface area contributed by atoms with E-state index >= 15 is 0 Å². The Morgan fingerprint density at radius 2 is 2.19 bits per heavy atom. The van der Waals surface area contributed by atoms with Gasteiger partial charge in [0.25, 0.3) is 0 Å². The van der Waals surface area contributed by atoms with Crippen LogP contribution in [0.5, 0.6) is 0 Å². The van der Waals surface area contributed by atoms with Crippen molar-refractivity contribution in [2.45, 2.75) is 19.5 Å². The van der Waals surface area contributed by atoms with Crippen LogP contribution in [-0.4, -0.2) is 53.8 Å². The van der Waals surface area contributed by atoms with E-state index in [4.69, 9.17) is 4.74 Å². The molecule has 3 rings (SSSR count). The van der Waals surface area contributed by atoms with Crippen LogP contribution in [-0.2, 0) is 21.3 Å². The van der Waals surface area contributed by atoms with Gasteiger partial charge in [0, 0.05) is 19.1 Å². The summed E-state index contributed by atoms with van der Waals surface area (Å²) < 4.78 is 33.7. The Morgan fingerprint density at radius 1 is 1.38 bits per heavy atom. The third kappa shape index (κ3) is 2.95. The zero-order valence-corrected chi connectivity index (χ0v) is 12.8. The normalized spacial score (nSPS) is 20.9. The molecule has 0 aliphatic carbocycles. The Balaban J connectivity index is 1.74. The van der Waals surface area contributed by atoms with Gasteiger partial charge < -0.3 is 9.30 Å². The summed E-state index contributed by atoms with van der Waals surface area (Å²) in [5, 5.41) is 0. The molecule has 1 aliphatic rings. The number of fused-ring (bicyclic) bond motifs is 1. The minimum Gasteiger partial charge on any atom is -0.378 e. The third-order valence-corrected chi connectivity index (χ3v) is 5.74. The van der Waals surface area contributed by atoms with Crippen LogP contribution in [0.25, 0.3) is 11.0 Å². The summed E-state index contributed by atoms with van der Waals surface area (Å²) in [6.45, 7) is 3.66. The lowest BCUT2D eigenvalue weighted by atomic mass is 10.3. The molecule has 0 unspecified atom stereocenters. The van der Waals surface area contributed by atoms with Gasteiger partial charge in [0.05, 0.1) is 36.3 Å². The predicted octanol–water partition coefficient (Wildman–Crippen LogP) is 1.09. The molecule has 2 aromatic rings. The second-order valence-corrected chi connectivity index (χ2v) is 7.32. The Labute approximate surface area is 124 Å². The van der Waals surface area contributed by atoms with Crippen molar-refractivity contribution in [2.75, 3.05) is 25.5 Å². The lowest BCUT2D eigenvalue weighted by Crippen LogP contribution is -2.48.